The Balaban J connectivity index is 3.62. The van der Waals surface area contributed by atoms with Crippen LogP contribution in [0.4, 0.5) is 0 Å². The van der Waals surface area contributed by atoms with Crippen molar-refractivity contribution in [3.05, 3.63) is 12.2 Å². The van der Waals surface area contributed by atoms with Gasteiger partial charge in [-0.1, -0.05) is 154 Å². The van der Waals surface area contributed by atoms with E-state index in [2.05, 4.69) is 19.1 Å². The van der Waals surface area contributed by atoms with E-state index in [9.17, 15) is 44.6 Å². The highest BCUT2D eigenvalue weighted by atomic mass is 31.2. The fraction of sp³-hybridized carbons (Fsp3) is 0.907. The molecular formula is C43H81O13P. The van der Waals surface area contributed by atoms with E-state index in [0.717, 1.165) is 44.9 Å². The standard InChI is InChI=1S/C43H81O13P/c1-3-5-7-9-11-13-15-17-18-20-22-24-26-28-30-32-37(45)55-35(34-54-57(51,52)56-43-41(49)39(47)38(46)40(48)42(43)50)33-53-36(44)31-29-27-25-23-21-19-16-14-12-10-8-6-4-2/h17-18,35,38-43,46-50H,3-16,19-34H2,1-2H3,(H,51,52)/t35-,38?,39?,40?,41?,42?,43?/m1/s1/i2D3,4D2,6D2,8D2,10D2,12D2,14D2,16D2,19D2,21D2,23D2,25D2,27D2,29D2,31D2. The number of aliphatic hydroxyl groups is 5. The third-order valence-corrected chi connectivity index (χ3v) is 8.99. The minimum absolute atomic E-state index is 0.141. The Bertz CT molecular complexity index is 2340. The molecule has 0 aromatic carbocycles. The molecule has 0 aromatic heterocycles. The zero-order valence-electron chi connectivity index (χ0n) is 63.0. The molecular weight excluding hydrogens is 755 g/mol. The average molecular weight is 868 g/mol. The van der Waals surface area contributed by atoms with Crippen LogP contribution in [0.5, 0.6) is 0 Å². The molecule has 0 radical (unpaired) electrons. The van der Waals surface area contributed by atoms with Crippen molar-refractivity contribution >= 4 is 19.8 Å². The van der Waals surface area contributed by atoms with Crippen LogP contribution in [-0.4, -0.2) is 98.3 Å². The van der Waals surface area contributed by atoms with Crippen LogP contribution in [0.25, 0.3) is 0 Å². The van der Waals surface area contributed by atoms with Gasteiger partial charge in [-0.2, -0.15) is 0 Å². The molecule has 1 aliphatic rings. The van der Waals surface area contributed by atoms with Crippen molar-refractivity contribution < 1.29 is 106 Å². The van der Waals surface area contributed by atoms with Gasteiger partial charge in [0.15, 0.2) is 6.10 Å². The van der Waals surface area contributed by atoms with Crippen molar-refractivity contribution in [3.63, 3.8) is 0 Å². The van der Waals surface area contributed by atoms with Crippen LogP contribution in [0.15, 0.2) is 12.2 Å². The van der Waals surface area contributed by atoms with Crippen molar-refractivity contribution in [1.82, 2.24) is 0 Å². The van der Waals surface area contributed by atoms with Gasteiger partial charge >= 0.3 is 19.8 Å². The fourth-order valence-electron chi connectivity index (χ4n) is 5.01. The van der Waals surface area contributed by atoms with Gasteiger partial charge in [0.25, 0.3) is 0 Å². The van der Waals surface area contributed by atoms with Crippen molar-refractivity contribution in [3.8, 4) is 0 Å². The highest BCUT2D eigenvalue weighted by molar-refractivity contribution is 7.47. The Morgan fingerprint density at radius 2 is 1.12 bits per heavy atom. The minimum Gasteiger partial charge on any atom is -0.462 e. The zero-order chi connectivity index (χ0) is 69.8. The van der Waals surface area contributed by atoms with E-state index in [0.29, 0.717) is 12.8 Å². The maximum Gasteiger partial charge on any atom is 0.472 e. The second kappa shape index (κ2) is 34.3. The van der Waals surface area contributed by atoms with Crippen LogP contribution in [0, 0.1) is 0 Å². The Labute approximate surface area is 387 Å². The Morgan fingerprint density at radius 3 is 1.67 bits per heavy atom. The maximum atomic E-state index is 13.5. The predicted octanol–water partition coefficient (Wildman–Crippen LogP) is 8.28. The third kappa shape index (κ3) is 27.1. The SMILES string of the molecule is [2H]C([2H])([2H])C([2H])([2H])C([2H])([2H])C([2H])([2H])C([2H])([2H])C([2H])([2H])C([2H])([2H])C([2H])([2H])C([2H])([2H])C([2H])([2H])C([2H])([2H])C([2H])([2H])C([2H])([2H])C([2H])([2H])C([2H])([2H])C(=O)OC[C@H](COP(=O)(O)OC1C(O)C(O)C(O)C(O)C1O)OC(=O)CCCCCCCC=CCCCCCCCC. The maximum absolute atomic E-state index is 13.5. The highest BCUT2D eigenvalue weighted by Crippen LogP contribution is 2.47. The third-order valence-electron chi connectivity index (χ3n) is 8.01. The molecule has 0 aromatic rings. The molecule has 1 rings (SSSR count). The summed E-state index contributed by atoms with van der Waals surface area (Å²) < 4.78 is 287. The molecule has 0 spiro atoms. The van der Waals surface area contributed by atoms with Crippen LogP contribution < -0.4 is 0 Å². The number of unbranched alkanes of at least 4 members (excludes halogenated alkanes) is 11. The van der Waals surface area contributed by atoms with Crippen molar-refractivity contribution in [2.45, 2.75) is 236 Å². The molecule has 6 atom stereocenters. The van der Waals surface area contributed by atoms with Gasteiger partial charge < -0.3 is 39.9 Å². The van der Waals surface area contributed by atoms with Crippen LogP contribution in [0.2, 0.25) is 0 Å². The van der Waals surface area contributed by atoms with Crippen molar-refractivity contribution in [1.29, 1.82) is 0 Å². The summed E-state index contributed by atoms with van der Waals surface area (Å²) in [6, 6.07) is 0. The molecule has 6 N–H and O–H groups in total. The van der Waals surface area contributed by atoms with Gasteiger partial charge in [0.2, 0.25) is 0 Å². The summed E-state index contributed by atoms with van der Waals surface area (Å²) >= 11 is 0. The van der Waals surface area contributed by atoms with Crippen molar-refractivity contribution in [2.75, 3.05) is 13.2 Å². The van der Waals surface area contributed by atoms with Gasteiger partial charge in [-0.25, -0.2) is 4.57 Å². The van der Waals surface area contributed by atoms with Gasteiger partial charge in [0, 0.05) is 55.3 Å². The predicted molar refractivity (Wildman–Crippen MR) is 221 cm³/mol. The molecule has 1 aliphatic carbocycles. The average Bonchev–Trinajstić information content (AvgIpc) is 0.702. The van der Waals surface area contributed by atoms with E-state index in [1.807, 2.05) is 0 Å². The monoisotopic (exact) mass is 868 g/mol. The Kier molecular flexibility index (Phi) is 13.3. The molecule has 57 heavy (non-hydrogen) atoms. The second-order valence-corrected chi connectivity index (χ2v) is 14.0. The smallest absolute Gasteiger partial charge is 0.462 e. The van der Waals surface area contributed by atoms with E-state index >= 15 is 0 Å². The zero-order valence-corrected chi connectivity index (χ0v) is 32.9. The molecule has 0 saturated heterocycles. The molecule has 0 amide bonds. The number of carbonyl (C=O) groups excluding carboxylic acids is 2. The molecule has 1 saturated carbocycles. The lowest BCUT2D eigenvalue weighted by Gasteiger charge is -2.41. The number of phosphoric acid groups is 1. The second-order valence-electron chi connectivity index (χ2n) is 12.6. The number of carbonyl (C=O) groups is 2. The molecule has 14 heteroatoms. The first-order chi connectivity index (χ1) is 39.1. The van der Waals surface area contributed by atoms with Crippen LogP contribution in [-0.2, 0) is 32.7 Å². The molecule has 1 fully saturated rings. The van der Waals surface area contributed by atoms with E-state index < -0.39 is 178 Å². The summed E-state index contributed by atoms with van der Waals surface area (Å²) in [5.41, 5.74) is 0. The van der Waals surface area contributed by atoms with E-state index in [-0.39, 0.29) is 6.42 Å². The number of allylic oxidation sites excluding steroid dienone is 2. The molecule has 13 nitrogen and oxygen atoms in total. The highest BCUT2D eigenvalue weighted by Gasteiger charge is 2.51. The summed E-state index contributed by atoms with van der Waals surface area (Å²) in [5, 5.41) is 50.5. The number of aliphatic hydroxyl groups excluding tert-OH is 5. The van der Waals surface area contributed by atoms with Crippen LogP contribution in [0.1, 0.15) is 235 Å². The molecule has 0 heterocycles. The summed E-state index contributed by atoms with van der Waals surface area (Å²) in [6.45, 7) is -5.08. The molecule has 0 bridgehead atoms. The van der Waals surface area contributed by atoms with Crippen LogP contribution >= 0.6 is 7.82 Å². The summed E-state index contributed by atoms with van der Waals surface area (Å²) in [4.78, 5) is 37.1. The summed E-state index contributed by atoms with van der Waals surface area (Å²) in [5.74, 6) is -3.79. The van der Waals surface area contributed by atoms with E-state index in [4.69, 9.17) is 61.0 Å². The fourth-order valence-corrected chi connectivity index (χ4v) is 5.99. The largest absolute Gasteiger partial charge is 0.472 e. The van der Waals surface area contributed by atoms with Gasteiger partial charge in [0.1, 0.15) is 43.2 Å². The summed E-state index contributed by atoms with van der Waals surface area (Å²) in [7, 11) is -5.72. The van der Waals surface area contributed by atoms with Crippen LogP contribution in [0.3, 0.4) is 0 Å². The lowest BCUT2D eigenvalue weighted by Crippen LogP contribution is -2.64. The Hall–Kier alpha value is -1.41. The Morgan fingerprint density at radius 1 is 0.649 bits per heavy atom. The minimum atomic E-state index is -5.72. The normalized spacial score (nSPS) is 34.5. The number of rotatable bonds is 37. The van der Waals surface area contributed by atoms with E-state index in [1.165, 1.54) is 19.3 Å². The topological polar surface area (TPSA) is 210 Å². The van der Waals surface area contributed by atoms with Gasteiger partial charge in [0.05, 0.1) is 6.61 Å². The van der Waals surface area contributed by atoms with Gasteiger partial charge in [-0.15, -0.1) is 0 Å². The number of hydrogen-bond acceptors (Lipinski definition) is 12. The number of esters is 2. The lowest BCUT2D eigenvalue weighted by molar-refractivity contribution is -0.220. The van der Waals surface area contributed by atoms with Gasteiger partial charge in [-0.3, -0.25) is 18.6 Å². The molecule has 0 aliphatic heterocycles. The van der Waals surface area contributed by atoms with Gasteiger partial charge in [-0.05, 0) is 38.5 Å². The molecule has 336 valence electrons. The van der Waals surface area contributed by atoms with E-state index in [1.54, 1.807) is 0 Å². The number of ether oxygens (including phenoxy) is 2. The summed E-state index contributed by atoms with van der Waals surface area (Å²) in [6.07, 6.45) is -71.7. The first kappa shape index (κ1) is 22.1. The first-order valence-corrected chi connectivity index (χ1v) is 20.2. The van der Waals surface area contributed by atoms with Crippen molar-refractivity contribution in [2.24, 2.45) is 0 Å². The lowest BCUT2D eigenvalue weighted by atomic mass is 9.85. The quantitative estimate of drug-likeness (QED) is 0.0151. The first-order valence-electron chi connectivity index (χ1n) is 34.2. The molecule has 5 unspecified atom stereocenters. The number of phosphoric ester groups is 1. The number of hydrogen-bond donors (Lipinski definition) is 6.